The van der Waals surface area contributed by atoms with E-state index in [0.717, 1.165) is 22.0 Å². The van der Waals surface area contributed by atoms with E-state index in [1.165, 1.54) is 0 Å². The molecular formula is C12H13BO2. The van der Waals surface area contributed by atoms with Gasteiger partial charge in [-0.3, -0.25) is 0 Å². The molecular weight excluding hydrogens is 187 g/mol. The minimum absolute atomic E-state index is 0.420. The maximum Gasteiger partial charge on any atom is 0.320 e. The van der Waals surface area contributed by atoms with Crippen LogP contribution < -0.4 is 10.2 Å². The van der Waals surface area contributed by atoms with Crippen LogP contribution >= 0.6 is 0 Å². The van der Waals surface area contributed by atoms with Crippen LogP contribution in [0.3, 0.4) is 0 Å². The van der Waals surface area contributed by atoms with Crippen molar-refractivity contribution in [1.29, 1.82) is 0 Å². The molecule has 0 atom stereocenters. The summed E-state index contributed by atoms with van der Waals surface area (Å²) in [7, 11) is 1.66. The molecule has 2 aromatic rings. The molecule has 0 bridgehead atoms. The van der Waals surface area contributed by atoms with Crippen LogP contribution in [-0.4, -0.2) is 19.0 Å². The first-order valence-electron chi connectivity index (χ1n) is 4.96. The van der Waals surface area contributed by atoms with E-state index in [2.05, 4.69) is 0 Å². The monoisotopic (exact) mass is 200 g/mol. The molecule has 2 rings (SSSR count). The maximum absolute atomic E-state index is 9.46. The smallest absolute Gasteiger partial charge is 0.320 e. The molecule has 15 heavy (non-hydrogen) atoms. The molecule has 0 aliphatic heterocycles. The molecule has 0 heterocycles. The summed E-state index contributed by atoms with van der Waals surface area (Å²) in [6.07, 6.45) is 0. The first kappa shape index (κ1) is 10.1. The van der Waals surface area contributed by atoms with Crippen molar-refractivity contribution in [3.63, 3.8) is 0 Å². The lowest BCUT2D eigenvalue weighted by atomic mass is 9.64. The van der Waals surface area contributed by atoms with Crippen LogP contribution in [0.5, 0.6) is 5.75 Å². The largest absolute Gasteiger partial charge is 0.497 e. The molecule has 0 unspecified atom stereocenters. The highest BCUT2D eigenvalue weighted by Gasteiger charge is 2.06. The van der Waals surface area contributed by atoms with Crippen LogP contribution in [-0.2, 0) is 0 Å². The number of hydrogen-bond acceptors (Lipinski definition) is 2. The highest BCUT2D eigenvalue weighted by Crippen LogP contribution is 2.19. The van der Waals surface area contributed by atoms with Crippen molar-refractivity contribution < 1.29 is 9.76 Å². The van der Waals surface area contributed by atoms with Gasteiger partial charge in [-0.1, -0.05) is 31.1 Å². The Balaban J connectivity index is 2.55. The van der Waals surface area contributed by atoms with Gasteiger partial charge in [-0.15, -0.1) is 0 Å². The normalized spacial score (nSPS) is 10.3. The van der Waals surface area contributed by atoms with Gasteiger partial charge < -0.3 is 9.76 Å². The van der Waals surface area contributed by atoms with Gasteiger partial charge >= 0.3 is 6.92 Å². The minimum Gasteiger partial charge on any atom is -0.497 e. The molecule has 0 radical (unpaired) electrons. The van der Waals surface area contributed by atoms with Crippen LogP contribution in [0.15, 0.2) is 36.4 Å². The minimum atomic E-state index is -0.420. The number of hydrogen-bond donors (Lipinski definition) is 1. The van der Waals surface area contributed by atoms with Crippen LogP contribution in [0.2, 0.25) is 6.82 Å². The van der Waals surface area contributed by atoms with Gasteiger partial charge in [0.05, 0.1) is 7.11 Å². The number of benzene rings is 2. The van der Waals surface area contributed by atoms with Crippen molar-refractivity contribution in [3.05, 3.63) is 36.4 Å². The zero-order valence-corrected chi connectivity index (χ0v) is 8.90. The van der Waals surface area contributed by atoms with Crippen LogP contribution in [0.25, 0.3) is 10.8 Å². The fourth-order valence-electron chi connectivity index (χ4n) is 1.63. The second-order valence-corrected chi connectivity index (χ2v) is 3.65. The molecule has 0 aromatic heterocycles. The lowest BCUT2D eigenvalue weighted by molar-refractivity contribution is 0.415. The average molecular weight is 200 g/mol. The summed E-state index contributed by atoms with van der Waals surface area (Å²) in [6, 6.07) is 11.8. The van der Waals surface area contributed by atoms with Gasteiger partial charge in [0.15, 0.2) is 0 Å². The average Bonchev–Trinajstić information content (AvgIpc) is 2.27. The number of fused-ring (bicyclic) bond motifs is 1. The Morgan fingerprint density at radius 3 is 2.40 bits per heavy atom. The second-order valence-electron chi connectivity index (χ2n) is 3.65. The Bertz CT molecular complexity index is 480. The highest BCUT2D eigenvalue weighted by molar-refractivity contribution is 6.65. The first-order valence-corrected chi connectivity index (χ1v) is 4.96. The predicted octanol–water partition coefficient (Wildman–Crippen LogP) is 1.67. The maximum atomic E-state index is 9.46. The van der Waals surface area contributed by atoms with Gasteiger partial charge in [-0.2, -0.15) is 0 Å². The van der Waals surface area contributed by atoms with Gasteiger partial charge in [0.25, 0.3) is 0 Å². The highest BCUT2D eigenvalue weighted by atomic mass is 16.5. The van der Waals surface area contributed by atoms with Gasteiger partial charge in [0.2, 0.25) is 0 Å². The standard InChI is InChI=1S/C12H13BO2/c1-13(14)11-5-3-10-8-12(15-2)6-4-9(10)7-11/h3-8,14H,1-2H3. The molecule has 0 aliphatic rings. The summed E-state index contributed by atoms with van der Waals surface area (Å²) < 4.78 is 5.15. The number of methoxy groups -OCH3 is 1. The van der Waals surface area contributed by atoms with E-state index < -0.39 is 6.92 Å². The molecule has 0 aliphatic carbocycles. The van der Waals surface area contributed by atoms with E-state index in [1.807, 2.05) is 36.4 Å². The van der Waals surface area contributed by atoms with Crippen molar-refractivity contribution in [2.45, 2.75) is 6.82 Å². The Labute approximate surface area is 89.6 Å². The van der Waals surface area contributed by atoms with Crippen LogP contribution in [0.1, 0.15) is 0 Å². The van der Waals surface area contributed by atoms with Gasteiger partial charge in [0.1, 0.15) is 5.75 Å². The summed E-state index contributed by atoms with van der Waals surface area (Å²) in [5.41, 5.74) is 0.938. The van der Waals surface area contributed by atoms with E-state index >= 15 is 0 Å². The van der Waals surface area contributed by atoms with Gasteiger partial charge in [-0.05, 0) is 28.4 Å². The number of rotatable bonds is 2. The molecule has 2 nitrogen and oxygen atoms in total. The van der Waals surface area contributed by atoms with Crippen molar-refractivity contribution in [1.82, 2.24) is 0 Å². The summed E-state index contributed by atoms with van der Waals surface area (Å²) in [6.45, 7) is 1.35. The summed E-state index contributed by atoms with van der Waals surface area (Å²) in [5.74, 6) is 0.854. The zero-order chi connectivity index (χ0) is 10.8. The lowest BCUT2D eigenvalue weighted by Crippen LogP contribution is -2.25. The van der Waals surface area contributed by atoms with Gasteiger partial charge in [0, 0.05) is 0 Å². The molecule has 0 spiro atoms. The quantitative estimate of drug-likeness (QED) is 0.747. The third-order valence-corrected chi connectivity index (χ3v) is 2.55. The number of ether oxygens (including phenoxy) is 1. The van der Waals surface area contributed by atoms with E-state index in [4.69, 9.17) is 4.74 Å². The van der Waals surface area contributed by atoms with E-state index in [0.29, 0.717) is 0 Å². The molecule has 0 saturated heterocycles. The third kappa shape index (κ3) is 1.97. The molecule has 0 amide bonds. The predicted molar refractivity (Wildman–Crippen MR) is 64.0 cm³/mol. The lowest BCUT2D eigenvalue weighted by Gasteiger charge is -2.05. The van der Waals surface area contributed by atoms with E-state index in [9.17, 15) is 5.02 Å². The van der Waals surface area contributed by atoms with Crippen molar-refractivity contribution in [2.24, 2.45) is 0 Å². The molecule has 0 saturated carbocycles. The molecule has 0 fully saturated rings. The summed E-state index contributed by atoms with van der Waals surface area (Å²) >= 11 is 0. The topological polar surface area (TPSA) is 29.5 Å². The Kier molecular flexibility index (Phi) is 2.65. The molecule has 1 N–H and O–H groups in total. The third-order valence-electron chi connectivity index (χ3n) is 2.55. The summed E-state index contributed by atoms with van der Waals surface area (Å²) in [5, 5.41) is 11.7. The zero-order valence-electron chi connectivity index (χ0n) is 8.90. The molecule has 2 aromatic carbocycles. The Hall–Kier alpha value is -1.48. The fourth-order valence-corrected chi connectivity index (χ4v) is 1.63. The van der Waals surface area contributed by atoms with Crippen LogP contribution in [0, 0.1) is 0 Å². The van der Waals surface area contributed by atoms with Crippen molar-refractivity contribution >= 4 is 23.2 Å². The SMILES string of the molecule is COc1ccc2cc(B(C)O)ccc2c1. The van der Waals surface area contributed by atoms with Crippen LogP contribution in [0.4, 0.5) is 0 Å². The van der Waals surface area contributed by atoms with Crippen molar-refractivity contribution in [3.8, 4) is 5.75 Å². The second kappa shape index (κ2) is 3.95. The first-order chi connectivity index (χ1) is 7.20. The Morgan fingerprint density at radius 2 is 1.73 bits per heavy atom. The molecule has 76 valence electrons. The Morgan fingerprint density at radius 1 is 1.07 bits per heavy atom. The van der Waals surface area contributed by atoms with E-state index in [-0.39, 0.29) is 0 Å². The van der Waals surface area contributed by atoms with E-state index in [1.54, 1.807) is 13.9 Å². The van der Waals surface area contributed by atoms with Crippen molar-refractivity contribution in [2.75, 3.05) is 7.11 Å². The molecule has 3 heteroatoms. The fraction of sp³-hybridized carbons (Fsp3) is 0.167. The summed E-state index contributed by atoms with van der Waals surface area (Å²) in [4.78, 5) is 0. The van der Waals surface area contributed by atoms with Gasteiger partial charge in [-0.25, -0.2) is 0 Å².